The highest BCUT2D eigenvalue weighted by molar-refractivity contribution is 6.09. The SMILES string of the molecule is CC.CC.O=C(Cc1ccccc1)c1cc(-c2ccccc2)nc2ccccc12. The third-order valence-electron chi connectivity index (χ3n) is 4.29. The molecule has 0 saturated carbocycles. The van der Waals surface area contributed by atoms with Crippen molar-refractivity contribution in [1.82, 2.24) is 4.98 Å². The van der Waals surface area contributed by atoms with Crippen LogP contribution in [0, 0.1) is 0 Å². The van der Waals surface area contributed by atoms with E-state index in [1.165, 1.54) is 0 Å². The highest BCUT2D eigenvalue weighted by Gasteiger charge is 2.14. The van der Waals surface area contributed by atoms with Crippen molar-refractivity contribution in [2.75, 3.05) is 0 Å². The molecule has 0 radical (unpaired) electrons. The summed E-state index contributed by atoms with van der Waals surface area (Å²) >= 11 is 0. The Morgan fingerprint density at radius 1 is 0.724 bits per heavy atom. The molecule has 0 aliphatic carbocycles. The summed E-state index contributed by atoms with van der Waals surface area (Å²) < 4.78 is 0. The van der Waals surface area contributed by atoms with E-state index in [4.69, 9.17) is 4.98 Å². The molecule has 0 saturated heterocycles. The summed E-state index contributed by atoms with van der Waals surface area (Å²) in [4.78, 5) is 17.7. The molecule has 3 aromatic carbocycles. The van der Waals surface area contributed by atoms with Gasteiger partial charge in [-0.25, -0.2) is 4.98 Å². The van der Waals surface area contributed by atoms with Crippen LogP contribution in [0.4, 0.5) is 0 Å². The van der Waals surface area contributed by atoms with Crippen LogP contribution in [-0.4, -0.2) is 10.8 Å². The number of hydrogen-bond donors (Lipinski definition) is 0. The van der Waals surface area contributed by atoms with Gasteiger partial charge in [0.25, 0.3) is 0 Å². The van der Waals surface area contributed by atoms with Crippen molar-refractivity contribution in [1.29, 1.82) is 0 Å². The van der Waals surface area contributed by atoms with Gasteiger partial charge in [0.1, 0.15) is 0 Å². The number of Topliss-reactive ketones (excluding diaryl/α,β-unsaturated/α-hetero) is 1. The Bertz CT molecular complexity index is 1020. The largest absolute Gasteiger partial charge is 0.294 e. The van der Waals surface area contributed by atoms with E-state index in [0.29, 0.717) is 6.42 Å². The lowest BCUT2D eigenvalue weighted by atomic mass is 9.97. The van der Waals surface area contributed by atoms with Crippen molar-refractivity contribution in [2.24, 2.45) is 0 Å². The van der Waals surface area contributed by atoms with Crippen LogP contribution in [0.25, 0.3) is 22.2 Å². The molecule has 29 heavy (non-hydrogen) atoms. The van der Waals surface area contributed by atoms with Crippen LogP contribution in [-0.2, 0) is 6.42 Å². The normalized spacial score (nSPS) is 9.66. The smallest absolute Gasteiger partial charge is 0.167 e. The van der Waals surface area contributed by atoms with Gasteiger partial charge in [0.05, 0.1) is 11.2 Å². The minimum Gasteiger partial charge on any atom is -0.294 e. The van der Waals surface area contributed by atoms with Crippen LogP contribution < -0.4 is 0 Å². The fourth-order valence-electron chi connectivity index (χ4n) is 3.04. The van der Waals surface area contributed by atoms with Gasteiger partial charge >= 0.3 is 0 Å². The van der Waals surface area contributed by atoms with Crippen LogP contribution in [0.1, 0.15) is 43.6 Å². The predicted octanol–water partition coefficient (Wildman–Crippen LogP) is 7.38. The van der Waals surface area contributed by atoms with Crippen LogP contribution in [0.2, 0.25) is 0 Å². The van der Waals surface area contributed by atoms with Crippen LogP contribution in [0.15, 0.2) is 91.0 Å². The molecular formula is C27H29NO. The topological polar surface area (TPSA) is 30.0 Å². The number of ketones is 1. The molecule has 1 heterocycles. The maximum Gasteiger partial charge on any atom is 0.167 e. The molecule has 0 atom stereocenters. The minimum atomic E-state index is 0.113. The van der Waals surface area contributed by atoms with Crippen molar-refractivity contribution in [2.45, 2.75) is 34.1 Å². The van der Waals surface area contributed by atoms with Crippen molar-refractivity contribution < 1.29 is 4.79 Å². The number of pyridine rings is 1. The van der Waals surface area contributed by atoms with E-state index in [2.05, 4.69) is 0 Å². The lowest BCUT2D eigenvalue weighted by Gasteiger charge is -2.09. The highest BCUT2D eigenvalue weighted by Crippen LogP contribution is 2.25. The molecule has 148 valence electrons. The third kappa shape index (κ3) is 5.61. The van der Waals surface area contributed by atoms with Gasteiger partial charge in [-0.3, -0.25) is 4.79 Å². The molecule has 0 aliphatic heterocycles. The Kier molecular flexibility index (Phi) is 8.78. The molecule has 4 rings (SSSR count). The van der Waals surface area contributed by atoms with Gasteiger partial charge in [-0.2, -0.15) is 0 Å². The van der Waals surface area contributed by atoms with Crippen molar-refractivity contribution in [3.8, 4) is 11.3 Å². The van der Waals surface area contributed by atoms with Crippen molar-refractivity contribution in [3.63, 3.8) is 0 Å². The Hall–Kier alpha value is -3.26. The van der Waals surface area contributed by atoms with Gasteiger partial charge in [0.2, 0.25) is 0 Å². The first-order chi connectivity index (χ1) is 14.3. The number of carbonyl (C=O) groups excluding carboxylic acids is 1. The maximum absolute atomic E-state index is 13.0. The van der Waals surface area contributed by atoms with Crippen LogP contribution in [0.3, 0.4) is 0 Å². The fraction of sp³-hybridized carbons (Fsp3) is 0.185. The van der Waals surface area contributed by atoms with E-state index in [1.54, 1.807) is 0 Å². The Morgan fingerprint density at radius 2 is 1.28 bits per heavy atom. The Balaban J connectivity index is 0.000000707. The van der Waals surface area contributed by atoms with E-state index in [0.717, 1.165) is 33.3 Å². The number of benzene rings is 3. The second kappa shape index (κ2) is 11.6. The number of fused-ring (bicyclic) bond motifs is 1. The number of nitrogens with zero attached hydrogens (tertiary/aromatic N) is 1. The molecule has 0 fully saturated rings. The van der Waals surface area contributed by atoms with Gasteiger partial charge in [0, 0.05) is 22.9 Å². The Morgan fingerprint density at radius 3 is 1.93 bits per heavy atom. The summed E-state index contributed by atoms with van der Waals surface area (Å²) in [5, 5.41) is 0.906. The van der Waals surface area contributed by atoms with Gasteiger partial charge < -0.3 is 0 Å². The first-order valence-corrected chi connectivity index (χ1v) is 10.3. The second-order valence-electron chi connectivity index (χ2n) is 6.02. The van der Waals surface area contributed by atoms with Crippen LogP contribution in [0.5, 0.6) is 0 Å². The lowest BCUT2D eigenvalue weighted by molar-refractivity contribution is 0.0994. The number of hydrogen-bond acceptors (Lipinski definition) is 2. The average Bonchev–Trinajstić information content (AvgIpc) is 2.82. The number of para-hydroxylation sites is 1. The molecule has 0 unspecified atom stereocenters. The van der Waals surface area contributed by atoms with E-state index >= 15 is 0 Å². The summed E-state index contributed by atoms with van der Waals surface area (Å²) in [6, 6.07) is 29.6. The molecule has 0 spiro atoms. The molecular weight excluding hydrogens is 354 g/mol. The summed E-state index contributed by atoms with van der Waals surface area (Å²) in [5.41, 5.74) is 4.45. The average molecular weight is 384 g/mol. The van der Waals surface area contributed by atoms with Crippen LogP contribution >= 0.6 is 0 Å². The first-order valence-electron chi connectivity index (χ1n) is 10.3. The monoisotopic (exact) mass is 383 g/mol. The fourth-order valence-corrected chi connectivity index (χ4v) is 3.04. The lowest BCUT2D eigenvalue weighted by Crippen LogP contribution is -2.05. The standard InChI is InChI=1S/C23H17NO.2C2H6/c25-23(15-17-9-3-1-4-10-17)20-16-22(18-11-5-2-6-12-18)24-21-14-8-7-13-19(20)21;2*1-2/h1-14,16H,15H2;2*1-2H3. The van der Waals surface area contributed by atoms with Gasteiger partial charge in [-0.15, -0.1) is 0 Å². The molecule has 0 aliphatic rings. The molecule has 0 amide bonds. The van der Waals surface area contributed by atoms with Crippen molar-refractivity contribution >= 4 is 16.7 Å². The van der Waals surface area contributed by atoms with Gasteiger partial charge in [0.15, 0.2) is 5.78 Å². The third-order valence-corrected chi connectivity index (χ3v) is 4.29. The maximum atomic E-state index is 13.0. The zero-order valence-electron chi connectivity index (χ0n) is 17.7. The minimum absolute atomic E-state index is 0.113. The summed E-state index contributed by atoms with van der Waals surface area (Å²) in [7, 11) is 0. The van der Waals surface area contributed by atoms with E-state index < -0.39 is 0 Å². The summed E-state index contributed by atoms with van der Waals surface area (Å²) in [6.45, 7) is 8.00. The van der Waals surface area contributed by atoms with E-state index in [1.807, 2.05) is 119 Å². The molecule has 2 nitrogen and oxygen atoms in total. The zero-order valence-corrected chi connectivity index (χ0v) is 17.7. The zero-order chi connectivity index (χ0) is 21.1. The summed E-state index contributed by atoms with van der Waals surface area (Å²) in [5.74, 6) is 0.113. The molecule has 1 aromatic heterocycles. The molecule has 4 aromatic rings. The van der Waals surface area contributed by atoms with E-state index in [-0.39, 0.29) is 5.78 Å². The Labute approximate surface area is 174 Å². The van der Waals surface area contributed by atoms with Gasteiger partial charge in [-0.1, -0.05) is 107 Å². The predicted molar refractivity (Wildman–Crippen MR) is 124 cm³/mol. The second-order valence-corrected chi connectivity index (χ2v) is 6.02. The summed E-state index contributed by atoms with van der Waals surface area (Å²) in [6.07, 6.45) is 0.392. The quantitative estimate of drug-likeness (QED) is 0.344. The molecule has 0 N–H and O–H groups in total. The number of rotatable bonds is 4. The first kappa shape index (κ1) is 22.0. The molecule has 2 heteroatoms. The van der Waals surface area contributed by atoms with E-state index in [9.17, 15) is 4.79 Å². The molecule has 0 bridgehead atoms. The number of aromatic nitrogens is 1. The number of carbonyl (C=O) groups is 1. The van der Waals surface area contributed by atoms with Gasteiger partial charge in [-0.05, 0) is 17.7 Å². The van der Waals surface area contributed by atoms with Crippen molar-refractivity contribution in [3.05, 3.63) is 102 Å². The highest BCUT2D eigenvalue weighted by atomic mass is 16.1.